The molecule has 1 N–H and O–H groups in total. The third-order valence-electron chi connectivity index (χ3n) is 3.44. The smallest absolute Gasteiger partial charge is 0.273 e. The van der Waals surface area contributed by atoms with Crippen molar-refractivity contribution in [3.8, 4) is 23.8 Å². The zero-order chi connectivity index (χ0) is 18.8. The van der Waals surface area contributed by atoms with Crippen molar-refractivity contribution in [2.24, 2.45) is 5.16 Å². The molecule has 6 nitrogen and oxygen atoms in total. The highest BCUT2D eigenvalue weighted by molar-refractivity contribution is 6.45. The van der Waals surface area contributed by atoms with Crippen LogP contribution >= 0.6 is 0 Å². The number of hydrogen-bond donors (Lipinski definition) is 1. The zero-order valence-electron chi connectivity index (χ0n) is 14.7. The molecule has 2 aromatic rings. The SMILES string of the molecule is C#CCOc1ccc(OCc2ccccc2/C(=N/OC)C(=O)NC)cc1. The van der Waals surface area contributed by atoms with Gasteiger partial charge in [-0.1, -0.05) is 35.3 Å². The Labute approximate surface area is 152 Å². The van der Waals surface area contributed by atoms with E-state index in [1.165, 1.54) is 14.2 Å². The maximum atomic E-state index is 12.1. The molecule has 0 atom stereocenters. The van der Waals surface area contributed by atoms with Crippen LogP contribution in [0.1, 0.15) is 11.1 Å². The van der Waals surface area contributed by atoms with Crippen molar-refractivity contribution in [2.45, 2.75) is 6.61 Å². The van der Waals surface area contributed by atoms with E-state index in [9.17, 15) is 4.79 Å². The van der Waals surface area contributed by atoms with Crippen molar-refractivity contribution in [2.75, 3.05) is 20.8 Å². The number of nitrogens with zero attached hydrogens (tertiary/aromatic N) is 1. The van der Waals surface area contributed by atoms with Gasteiger partial charge in [0.1, 0.15) is 31.8 Å². The molecule has 0 fully saturated rings. The van der Waals surface area contributed by atoms with Gasteiger partial charge in [0.05, 0.1) is 0 Å². The van der Waals surface area contributed by atoms with Gasteiger partial charge in [0.2, 0.25) is 0 Å². The highest BCUT2D eigenvalue weighted by atomic mass is 16.6. The van der Waals surface area contributed by atoms with Crippen LogP contribution in [0.15, 0.2) is 53.7 Å². The van der Waals surface area contributed by atoms with E-state index in [1.807, 2.05) is 18.2 Å². The first-order valence-electron chi connectivity index (χ1n) is 7.90. The Bertz CT molecular complexity index is 807. The van der Waals surface area contributed by atoms with Gasteiger partial charge >= 0.3 is 0 Å². The number of rotatable bonds is 8. The Morgan fingerprint density at radius 2 is 1.77 bits per heavy atom. The van der Waals surface area contributed by atoms with Crippen molar-refractivity contribution in [1.29, 1.82) is 0 Å². The number of oxime groups is 1. The molecule has 6 heteroatoms. The van der Waals surface area contributed by atoms with E-state index >= 15 is 0 Å². The molecule has 0 aliphatic heterocycles. The molecule has 0 saturated heterocycles. The lowest BCUT2D eigenvalue weighted by atomic mass is 10.0. The first-order chi connectivity index (χ1) is 12.7. The van der Waals surface area contributed by atoms with E-state index in [2.05, 4.69) is 16.4 Å². The third kappa shape index (κ3) is 5.02. The maximum Gasteiger partial charge on any atom is 0.273 e. The number of likely N-dealkylation sites (N-methyl/N-ethyl adjacent to an activating group) is 1. The molecule has 0 saturated carbocycles. The monoisotopic (exact) mass is 352 g/mol. The topological polar surface area (TPSA) is 69.1 Å². The third-order valence-corrected chi connectivity index (χ3v) is 3.44. The molecule has 0 spiro atoms. The molecule has 134 valence electrons. The van der Waals surface area contributed by atoms with Crippen molar-refractivity contribution < 1.29 is 19.1 Å². The lowest BCUT2D eigenvalue weighted by Crippen LogP contribution is -2.29. The number of nitrogens with one attached hydrogen (secondary N) is 1. The fourth-order valence-electron chi connectivity index (χ4n) is 2.22. The minimum atomic E-state index is -0.339. The zero-order valence-corrected chi connectivity index (χ0v) is 14.7. The molecule has 0 aliphatic rings. The van der Waals surface area contributed by atoms with E-state index in [0.717, 1.165) is 5.56 Å². The van der Waals surface area contributed by atoms with Gasteiger partial charge < -0.3 is 19.6 Å². The molecule has 0 bridgehead atoms. The van der Waals surface area contributed by atoms with Crippen molar-refractivity contribution in [3.05, 3.63) is 59.7 Å². The second-order valence-corrected chi connectivity index (χ2v) is 5.11. The van der Waals surface area contributed by atoms with Crippen LogP contribution in [0.3, 0.4) is 0 Å². The first kappa shape index (κ1) is 18.9. The number of carbonyl (C=O) groups is 1. The summed E-state index contributed by atoms with van der Waals surface area (Å²) >= 11 is 0. The number of terminal acetylenes is 1. The standard InChI is InChI=1S/C20H20N2O4/c1-4-13-25-16-9-11-17(12-10-16)26-14-15-7-5-6-8-18(15)19(22-24-3)20(23)21-2/h1,5-12H,13-14H2,2-3H3,(H,21,23)/b22-19-. The molecule has 0 aliphatic carbocycles. The number of carbonyl (C=O) groups excluding carboxylic acids is 1. The van der Waals surface area contributed by atoms with Crippen molar-refractivity contribution >= 4 is 11.6 Å². The summed E-state index contributed by atoms with van der Waals surface area (Å²) in [4.78, 5) is 16.9. The quantitative estimate of drug-likeness (QED) is 0.450. The van der Waals surface area contributed by atoms with Gasteiger partial charge in [0.15, 0.2) is 5.71 Å². The Morgan fingerprint density at radius 1 is 1.12 bits per heavy atom. The molecule has 1 amide bonds. The molecule has 0 heterocycles. The normalized spacial score (nSPS) is 10.6. The summed E-state index contributed by atoms with van der Waals surface area (Å²) in [5, 5.41) is 6.39. The van der Waals surface area contributed by atoms with Crippen molar-refractivity contribution in [3.63, 3.8) is 0 Å². The Kier molecular flexibility index (Phi) is 7.07. The summed E-state index contributed by atoms with van der Waals surface area (Å²) in [6, 6.07) is 14.5. The van der Waals surface area contributed by atoms with Crippen LogP contribution in [0.5, 0.6) is 11.5 Å². The number of benzene rings is 2. The van der Waals surface area contributed by atoms with E-state index in [4.69, 9.17) is 20.7 Å². The summed E-state index contributed by atoms with van der Waals surface area (Å²) in [6.45, 7) is 0.481. The number of amides is 1. The van der Waals surface area contributed by atoms with Crippen LogP contribution in [0.4, 0.5) is 0 Å². The van der Waals surface area contributed by atoms with Gasteiger partial charge in [0, 0.05) is 12.6 Å². The Balaban J connectivity index is 2.14. The minimum Gasteiger partial charge on any atom is -0.489 e. The molecule has 0 unspecified atom stereocenters. The van der Waals surface area contributed by atoms with Gasteiger partial charge in [-0.2, -0.15) is 0 Å². The highest BCUT2D eigenvalue weighted by Gasteiger charge is 2.17. The lowest BCUT2D eigenvalue weighted by molar-refractivity contribution is -0.114. The number of hydrogen-bond acceptors (Lipinski definition) is 5. The largest absolute Gasteiger partial charge is 0.489 e. The number of ether oxygens (including phenoxy) is 2. The van der Waals surface area contributed by atoms with Gasteiger partial charge in [-0.3, -0.25) is 4.79 Å². The average Bonchev–Trinajstić information content (AvgIpc) is 2.69. The summed E-state index contributed by atoms with van der Waals surface area (Å²) < 4.78 is 11.1. The first-order valence-corrected chi connectivity index (χ1v) is 7.90. The van der Waals surface area contributed by atoms with Crippen LogP contribution in [0.2, 0.25) is 0 Å². The highest BCUT2D eigenvalue weighted by Crippen LogP contribution is 2.20. The molecule has 0 radical (unpaired) electrons. The maximum absolute atomic E-state index is 12.1. The van der Waals surface area contributed by atoms with Crippen LogP contribution in [0, 0.1) is 12.3 Å². The molecular weight excluding hydrogens is 332 g/mol. The molecule has 0 aromatic heterocycles. The van der Waals surface area contributed by atoms with Gasteiger partial charge in [-0.15, -0.1) is 6.42 Å². The molecule has 2 aromatic carbocycles. The Morgan fingerprint density at radius 3 is 2.38 bits per heavy atom. The van der Waals surface area contributed by atoms with Gasteiger partial charge in [-0.25, -0.2) is 0 Å². The van der Waals surface area contributed by atoms with Crippen LogP contribution < -0.4 is 14.8 Å². The van der Waals surface area contributed by atoms with Crippen molar-refractivity contribution in [1.82, 2.24) is 5.32 Å². The second kappa shape index (κ2) is 9.74. The molecule has 2 rings (SSSR count). The van der Waals surface area contributed by atoms with Crippen LogP contribution in [0.25, 0.3) is 0 Å². The predicted octanol–water partition coefficient (Wildman–Crippen LogP) is 2.37. The van der Waals surface area contributed by atoms with Gasteiger partial charge in [0.25, 0.3) is 5.91 Å². The van der Waals surface area contributed by atoms with E-state index in [0.29, 0.717) is 17.1 Å². The predicted molar refractivity (Wildman–Crippen MR) is 99.2 cm³/mol. The fourth-order valence-corrected chi connectivity index (χ4v) is 2.22. The summed E-state index contributed by atoms with van der Waals surface area (Å²) in [5.41, 5.74) is 1.63. The van der Waals surface area contributed by atoms with E-state index in [-0.39, 0.29) is 24.8 Å². The van der Waals surface area contributed by atoms with E-state index < -0.39 is 0 Å². The second-order valence-electron chi connectivity index (χ2n) is 5.11. The average molecular weight is 352 g/mol. The summed E-state index contributed by atoms with van der Waals surface area (Å²) in [7, 11) is 2.93. The van der Waals surface area contributed by atoms with E-state index in [1.54, 1.807) is 30.3 Å². The molecular formula is C20H20N2O4. The Hall–Kier alpha value is -3.46. The minimum absolute atomic E-state index is 0.187. The lowest BCUT2D eigenvalue weighted by Gasteiger charge is -2.12. The summed E-state index contributed by atoms with van der Waals surface area (Å²) in [6.07, 6.45) is 5.16. The van der Waals surface area contributed by atoms with Crippen LogP contribution in [-0.2, 0) is 16.2 Å². The molecule has 26 heavy (non-hydrogen) atoms. The van der Waals surface area contributed by atoms with Gasteiger partial charge in [-0.05, 0) is 29.8 Å². The fraction of sp³-hybridized carbons (Fsp3) is 0.200. The van der Waals surface area contributed by atoms with Crippen LogP contribution in [-0.4, -0.2) is 32.4 Å². The summed E-state index contributed by atoms with van der Waals surface area (Å²) in [5.74, 6) is 3.41.